The molecule has 10 heteroatoms. The number of benzene rings is 2. The normalized spacial score (nSPS) is 19.9. The number of nitrogens with zero attached hydrogens (tertiary/aromatic N) is 1. The van der Waals surface area contributed by atoms with Gasteiger partial charge in [0.05, 0.1) is 7.11 Å². The Bertz CT molecular complexity index is 1200. The van der Waals surface area contributed by atoms with E-state index in [1.165, 1.54) is 48.8 Å². The summed E-state index contributed by atoms with van der Waals surface area (Å²) >= 11 is 3.24. The van der Waals surface area contributed by atoms with E-state index in [-0.39, 0.29) is 17.2 Å². The Kier molecular flexibility index (Phi) is 12.1. The van der Waals surface area contributed by atoms with Crippen molar-refractivity contribution < 1.29 is 23.9 Å². The zero-order valence-corrected chi connectivity index (χ0v) is 27.3. The minimum atomic E-state index is -0.773. The Hall–Kier alpha value is -2.85. The largest absolute Gasteiger partial charge is 0.497 e. The molecule has 0 aromatic heterocycles. The van der Waals surface area contributed by atoms with Crippen molar-refractivity contribution in [1.29, 1.82) is 0 Å². The molecule has 2 unspecified atom stereocenters. The molecular formula is C33H45N3O5S2. The summed E-state index contributed by atoms with van der Waals surface area (Å²) in [7, 11) is 1.61. The topological polar surface area (TPSA) is 97.0 Å². The van der Waals surface area contributed by atoms with Crippen LogP contribution in [0.25, 0.3) is 0 Å². The summed E-state index contributed by atoms with van der Waals surface area (Å²) in [6, 6.07) is 15.7. The lowest BCUT2D eigenvalue weighted by atomic mass is 9.91. The highest BCUT2D eigenvalue weighted by Crippen LogP contribution is 2.42. The van der Waals surface area contributed by atoms with Gasteiger partial charge in [-0.25, -0.2) is 4.79 Å². The molecule has 1 saturated heterocycles. The number of amides is 3. The number of ether oxygens (including phenoxy) is 2. The molecule has 43 heavy (non-hydrogen) atoms. The van der Waals surface area contributed by atoms with E-state index in [9.17, 15) is 14.4 Å². The van der Waals surface area contributed by atoms with E-state index < -0.39 is 23.8 Å². The average Bonchev–Trinajstić information content (AvgIpc) is 3.46. The zero-order chi connectivity index (χ0) is 30.8. The van der Waals surface area contributed by atoms with Gasteiger partial charge in [0.2, 0.25) is 11.8 Å². The summed E-state index contributed by atoms with van der Waals surface area (Å²) in [5.41, 5.74) is 1.14. The minimum Gasteiger partial charge on any atom is -0.497 e. The highest BCUT2D eigenvalue weighted by molar-refractivity contribution is 7.99. The SMILES string of the molecule is COc1ccc(CNC(=O)[C@H](CSCC2CCCCC2)NC(=O)C2CSC(c3ccccc3)N2C(=O)OC(C)(C)C)cc1. The summed E-state index contributed by atoms with van der Waals surface area (Å²) in [6.45, 7) is 5.77. The Morgan fingerprint density at radius 3 is 2.37 bits per heavy atom. The van der Waals surface area contributed by atoms with Gasteiger partial charge in [-0.05, 0) is 68.5 Å². The van der Waals surface area contributed by atoms with Crippen molar-refractivity contribution in [2.75, 3.05) is 24.4 Å². The summed E-state index contributed by atoms with van der Waals surface area (Å²) < 4.78 is 11.0. The van der Waals surface area contributed by atoms with Crippen LogP contribution in [0, 0.1) is 5.92 Å². The van der Waals surface area contributed by atoms with Crippen molar-refractivity contribution in [2.45, 2.75) is 82.5 Å². The number of hydrogen-bond donors (Lipinski definition) is 2. The van der Waals surface area contributed by atoms with Gasteiger partial charge >= 0.3 is 6.09 Å². The molecule has 0 radical (unpaired) electrons. The second kappa shape index (κ2) is 15.7. The van der Waals surface area contributed by atoms with Crippen molar-refractivity contribution in [3.05, 3.63) is 65.7 Å². The van der Waals surface area contributed by atoms with Crippen LogP contribution in [-0.4, -0.2) is 64.9 Å². The Balaban J connectivity index is 1.47. The predicted octanol–water partition coefficient (Wildman–Crippen LogP) is 6.16. The molecule has 2 aromatic rings. The van der Waals surface area contributed by atoms with Crippen LogP contribution in [0.15, 0.2) is 54.6 Å². The molecular weight excluding hydrogens is 583 g/mol. The van der Waals surface area contributed by atoms with Gasteiger partial charge in [0.25, 0.3) is 0 Å². The third-order valence-corrected chi connectivity index (χ3v) is 10.2. The Labute approximate surface area is 264 Å². The van der Waals surface area contributed by atoms with Crippen LogP contribution in [0.2, 0.25) is 0 Å². The number of rotatable bonds is 11. The molecule has 2 aliphatic rings. The monoisotopic (exact) mass is 627 g/mol. The maximum absolute atomic E-state index is 13.9. The van der Waals surface area contributed by atoms with Gasteiger partial charge in [-0.2, -0.15) is 11.8 Å². The van der Waals surface area contributed by atoms with E-state index in [0.29, 0.717) is 24.0 Å². The van der Waals surface area contributed by atoms with Crippen molar-refractivity contribution >= 4 is 41.4 Å². The maximum Gasteiger partial charge on any atom is 0.412 e. The highest BCUT2D eigenvalue weighted by Gasteiger charge is 2.45. The molecule has 8 nitrogen and oxygen atoms in total. The quantitative estimate of drug-likeness (QED) is 0.308. The van der Waals surface area contributed by atoms with E-state index in [4.69, 9.17) is 9.47 Å². The molecule has 234 valence electrons. The van der Waals surface area contributed by atoms with Gasteiger partial charge in [-0.15, -0.1) is 11.8 Å². The first-order valence-electron chi connectivity index (χ1n) is 15.1. The summed E-state index contributed by atoms with van der Waals surface area (Å²) in [5, 5.41) is 5.65. The lowest BCUT2D eigenvalue weighted by molar-refractivity contribution is -0.131. The average molecular weight is 628 g/mol. The smallest absolute Gasteiger partial charge is 0.412 e. The first-order chi connectivity index (χ1) is 20.6. The van der Waals surface area contributed by atoms with E-state index in [0.717, 1.165) is 22.6 Å². The number of thioether (sulfide) groups is 2. The fourth-order valence-electron chi connectivity index (χ4n) is 5.33. The second-order valence-electron chi connectivity index (χ2n) is 12.2. The molecule has 3 atom stereocenters. The first kappa shape index (κ1) is 33.1. The van der Waals surface area contributed by atoms with Crippen molar-refractivity contribution in [3.8, 4) is 5.75 Å². The third kappa shape index (κ3) is 9.83. The van der Waals surface area contributed by atoms with Crippen LogP contribution in [0.1, 0.15) is 69.4 Å². The number of nitrogens with one attached hydrogen (secondary N) is 2. The fourth-order valence-corrected chi connectivity index (χ4v) is 8.03. The molecule has 2 fully saturated rings. The Morgan fingerprint density at radius 1 is 1.02 bits per heavy atom. The molecule has 1 aliphatic heterocycles. The maximum atomic E-state index is 13.9. The minimum absolute atomic E-state index is 0.241. The fraction of sp³-hybridized carbons (Fsp3) is 0.545. The third-order valence-electron chi connectivity index (χ3n) is 7.61. The first-order valence-corrected chi connectivity index (χ1v) is 17.3. The summed E-state index contributed by atoms with van der Waals surface area (Å²) in [6.07, 6.45) is 5.72. The van der Waals surface area contributed by atoms with Gasteiger partial charge in [0.15, 0.2) is 0 Å². The van der Waals surface area contributed by atoms with Crippen LogP contribution < -0.4 is 15.4 Å². The number of hydrogen-bond acceptors (Lipinski definition) is 7. The van der Waals surface area contributed by atoms with Crippen molar-refractivity contribution in [1.82, 2.24) is 15.5 Å². The van der Waals surface area contributed by atoms with Crippen LogP contribution in [0.3, 0.4) is 0 Å². The highest BCUT2D eigenvalue weighted by atomic mass is 32.2. The lowest BCUT2D eigenvalue weighted by Crippen LogP contribution is -2.55. The van der Waals surface area contributed by atoms with E-state index >= 15 is 0 Å². The molecule has 1 saturated carbocycles. The lowest BCUT2D eigenvalue weighted by Gasteiger charge is -2.32. The number of carbonyl (C=O) groups is 3. The molecule has 0 bridgehead atoms. The van der Waals surface area contributed by atoms with Gasteiger partial charge in [-0.3, -0.25) is 14.5 Å². The van der Waals surface area contributed by atoms with E-state index in [1.807, 2.05) is 75.4 Å². The summed E-state index contributed by atoms with van der Waals surface area (Å²) in [5.74, 6) is 2.65. The van der Waals surface area contributed by atoms with Crippen LogP contribution in [0.4, 0.5) is 4.79 Å². The molecule has 4 rings (SSSR count). The van der Waals surface area contributed by atoms with Gasteiger partial charge < -0.3 is 20.1 Å². The van der Waals surface area contributed by atoms with Gasteiger partial charge in [-0.1, -0.05) is 61.7 Å². The van der Waals surface area contributed by atoms with E-state index in [2.05, 4.69) is 10.6 Å². The predicted molar refractivity (Wildman–Crippen MR) is 174 cm³/mol. The van der Waals surface area contributed by atoms with Crippen LogP contribution >= 0.6 is 23.5 Å². The van der Waals surface area contributed by atoms with Crippen LogP contribution in [-0.2, 0) is 20.9 Å². The Morgan fingerprint density at radius 2 is 1.72 bits per heavy atom. The summed E-state index contributed by atoms with van der Waals surface area (Å²) in [4.78, 5) is 42.3. The zero-order valence-electron chi connectivity index (χ0n) is 25.7. The van der Waals surface area contributed by atoms with E-state index in [1.54, 1.807) is 18.9 Å². The van der Waals surface area contributed by atoms with Crippen LogP contribution in [0.5, 0.6) is 5.75 Å². The molecule has 1 heterocycles. The number of methoxy groups -OCH3 is 1. The molecule has 3 amide bonds. The number of carbonyl (C=O) groups excluding carboxylic acids is 3. The van der Waals surface area contributed by atoms with Gasteiger partial charge in [0, 0.05) is 18.1 Å². The molecule has 0 spiro atoms. The standard InChI is InChI=1S/C33H45N3O5S2/c1-33(2,3)41-32(39)36-28(22-43-31(36)25-13-9-6-10-14-25)30(38)35-27(21-42-20-24-11-7-5-8-12-24)29(37)34-19-23-15-17-26(40-4)18-16-23/h6,9-10,13-18,24,27-28,31H,5,7-8,11-12,19-22H2,1-4H3,(H,34,37)(H,35,38)/t27-,28?,31?/m0/s1. The second-order valence-corrected chi connectivity index (χ2v) is 14.4. The van der Waals surface area contributed by atoms with Crippen molar-refractivity contribution in [3.63, 3.8) is 0 Å². The van der Waals surface area contributed by atoms with Gasteiger partial charge in [0.1, 0.15) is 28.8 Å². The van der Waals surface area contributed by atoms with Crippen molar-refractivity contribution in [2.24, 2.45) is 5.92 Å². The molecule has 2 N–H and O–H groups in total. The molecule has 2 aromatic carbocycles. The molecule has 1 aliphatic carbocycles.